The van der Waals surface area contributed by atoms with Crippen LogP contribution in [0.25, 0.3) is 28.1 Å². The van der Waals surface area contributed by atoms with E-state index in [0.29, 0.717) is 30.3 Å². The van der Waals surface area contributed by atoms with Crippen LogP contribution in [0.4, 0.5) is 26.3 Å². The summed E-state index contributed by atoms with van der Waals surface area (Å²) in [6, 6.07) is 15.9. The number of fused-ring (bicyclic) bond motifs is 3. The molecule has 0 amide bonds. The summed E-state index contributed by atoms with van der Waals surface area (Å²) in [4.78, 5) is 11.9. The van der Waals surface area contributed by atoms with Crippen LogP contribution in [0.5, 0.6) is 0 Å². The van der Waals surface area contributed by atoms with Gasteiger partial charge >= 0.3 is 18.3 Å². The molecule has 2 aliphatic carbocycles. The van der Waals surface area contributed by atoms with Crippen LogP contribution in [0.15, 0.2) is 66.7 Å². The molecule has 0 atom stereocenters. The van der Waals surface area contributed by atoms with Gasteiger partial charge in [0, 0.05) is 23.8 Å². The Morgan fingerprint density at radius 1 is 0.837 bits per heavy atom. The van der Waals surface area contributed by atoms with Crippen molar-refractivity contribution in [2.45, 2.75) is 63.8 Å². The molecule has 0 bridgehead atoms. The van der Waals surface area contributed by atoms with Gasteiger partial charge in [0.1, 0.15) is 0 Å². The second-order valence-corrected chi connectivity index (χ2v) is 11.0. The molecule has 0 saturated heterocycles. The summed E-state index contributed by atoms with van der Waals surface area (Å²) < 4.78 is 82.7. The number of aromatic carboxylic acids is 1. The van der Waals surface area contributed by atoms with Crippen LogP contribution >= 0.6 is 0 Å². The van der Waals surface area contributed by atoms with Gasteiger partial charge in [-0.3, -0.25) is 0 Å². The third-order valence-electron chi connectivity index (χ3n) is 8.08. The number of hydrogen-bond acceptors (Lipinski definition) is 2. The highest BCUT2D eigenvalue weighted by molar-refractivity contribution is 5.92. The molecule has 43 heavy (non-hydrogen) atoms. The summed E-state index contributed by atoms with van der Waals surface area (Å²) in [6.07, 6.45) is -2.92. The summed E-state index contributed by atoms with van der Waals surface area (Å²) in [6.45, 7) is 1.48. The van der Waals surface area contributed by atoms with E-state index >= 15 is 0 Å². The van der Waals surface area contributed by atoms with E-state index in [0.717, 1.165) is 28.3 Å². The van der Waals surface area contributed by atoms with E-state index < -0.39 is 29.4 Å². The number of rotatable bonds is 3. The summed E-state index contributed by atoms with van der Waals surface area (Å²) >= 11 is 0. The molecule has 6 rings (SSSR count). The van der Waals surface area contributed by atoms with Gasteiger partial charge in [0.15, 0.2) is 0 Å². The maximum absolute atomic E-state index is 13.6. The molecule has 1 saturated carbocycles. The Balaban J connectivity index is 0.000000463. The van der Waals surface area contributed by atoms with Crippen molar-refractivity contribution in [3.63, 3.8) is 0 Å². The van der Waals surface area contributed by atoms with E-state index in [-0.39, 0.29) is 28.6 Å². The second-order valence-electron chi connectivity index (χ2n) is 11.0. The van der Waals surface area contributed by atoms with Gasteiger partial charge in [0.25, 0.3) is 0 Å². The number of carboxylic acids is 1. The van der Waals surface area contributed by atoms with Gasteiger partial charge in [-0.05, 0) is 77.9 Å². The van der Waals surface area contributed by atoms with Crippen LogP contribution in [-0.2, 0) is 18.8 Å². The quantitative estimate of drug-likeness (QED) is 0.203. The lowest BCUT2D eigenvalue weighted by Crippen LogP contribution is -2.22. The number of carboxylic acid groups (broad SMARTS) is 1. The maximum Gasteiger partial charge on any atom is 0.416 e. The lowest BCUT2D eigenvalue weighted by molar-refractivity contribution is -0.143. The standard InChI is InChI=1S/C27H17F6NO2.C6H13N/c1-14-21(25(35)36)13-24(16-9-17(26(28,29)30)12-18(10-16)27(31,32)33)34(14)23-8-4-7-20-19-6-3-2-5-15(19)11-22(20)23;7-6-4-2-1-3-5-6/h2-10,12-13H,11H2,1H3,(H,35,36);6H,1-5,7H2. The molecule has 226 valence electrons. The number of nitrogens with two attached hydrogens (primary N) is 1. The molecular formula is C33H30F6N2O2. The van der Waals surface area contributed by atoms with Gasteiger partial charge in [-0.1, -0.05) is 55.7 Å². The zero-order valence-corrected chi connectivity index (χ0v) is 23.3. The van der Waals surface area contributed by atoms with Gasteiger partial charge in [0.05, 0.1) is 22.4 Å². The summed E-state index contributed by atoms with van der Waals surface area (Å²) in [5.41, 5.74) is 6.35. The number of alkyl halides is 6. The molecule has 3 aromatic carbocycles. The predicted octanol–water partition coefficient (Wildman–Crippen LogP) is 9.04. The van der Waals surface area contributed by atoms with Crippen LogP contribution in [0.1, 0.15) is 70.4 Å². The molecule has 3 N–H and O–H groups in total. The highest BCUT2D eigenvalue weighted by atomic mass is 19.4. The minimum atomic E-state index is -5.03. The van der Waals surface area contributed by atoms with Gasteiger partial charge < -0.3 is 15.4 Å². The van der Waals surface area contributed by atoms with E-state index in [1.165, 1.54) is 43.6 Å². The van der Waals surface area contributed by atoms with Crippen LogP contribution in [-0.4, -0.2) is 21.7 Å². The van der Waals surface area contributed by atoms with Crippen LogP contribution in [0.2, 0.25) is 0 Å². The highest BCUT2D eigenvalue weighted by Gasteiger charge is 2.37. The van der Waals surface area contributed by atoms with Crippen molar-refractivity contribution < 1.29 is 36.2 Å². The number of halogens is 6. The number of benzene rings is 3. The first-order valence-electron chi connectivity index (χ1n) is 14.0. The normalized spacial score (nSPS) is 15.0. The van der Waals surface area contributed by atoms with Crippen molar-refractivity contribution in [3.8, 4) is 28.1 Å². The third kappa shape index (κ3) is 6.20. The first-order valence-corrected chi connectivity index (χ1v) is 14.0. The number of nitrogens with zero attached hydrogens (tertiary/aromatic N) is 1. The fourth-order valence-corrected chi connectivity index (χ4v) is 5.93. The average molecular weight is 601 g/mol. The Morgan fingerprint density at radius 2 is 1.44 bits per heavy atom. The summed E-state index contributed by atoms with van der Waals surface area (Å²) in [5.74, 6) is -1.34. The Morgan fingerprint density at radius 3 is 2.00 bits per heavy atom. The van der Waals surface area contributed by atoms with E-state index in [1.54, 1.807) is 12.1 Å². The van der Waals surface area contributed by atoms with E-state index in [2.05, 4.69) is 0 Å². The SMILES string of the molecule is Cc1c(C(=O)O)cc(-c2cc(C(F)(F)F)cc(C(F)(F)F)c2)n1-c1cccc2c1Cc1ccccc1-2.NC1CCCCC1. The number of carbonyl (C=O) groups is 1. The molecule has 0 unspecified atom stereocenters. The van der Waals surface area contributed by atoms with Crippen LogP contribution in [0, 0.1) is 6.92 Å². The van der Waals surface area contributed by atoms with Crippen molar-refractivity contribution in [1.29, 1.82) is 0 Å². The maximum atomic E-state index is 13.6. The van der Waals surface area contributed by atoms with Gasteiger partial charge in [-0.15, -0.1) is 0 Å². The fourth-order valence-electron chi connectivity index (χ4n) is 5.93. The van der Waals surface area contributed by atoms with E-state index in [4.69, 9.17) is 5.73 Å². The number of hydrogen-bond donors (Lipinski definition) is 2. The first kappa shape index (κ1) is 30.4. The Kier molecular flexibility index (Phi) is 8.17. The molecule has 0 spiro atoms. The van der Waals surface area contributed by atoms with Crippen molar-refractivity contribution >= 4 is 5.97 Å². The minimum Gasteiger partial charge on any atom is -0.478 e. The number of aromatic nitrogens is 1. The molecule has 1 heterocycles. The zero-order chi connectivity index (χ0) is 31.1. The van der Waals surface area contributed by atoms with Crippen LogP contribution in [0.3, 0.4) is 0 Å². The fraction of sp³-hybridized carbons (Fsp3) is 0.303. The second kappa shape index (κ2) is 11.6. The Hall–Kier alpha value is -4.05. The van der Waals surface area contributed by atoms with Crippen molar-refractivity contribution in [2.24, 2.45) is 5.73 Å². The molecule has 0 aliphatic heterocycles. The smallest absolute Gasteiger partial charge is 0.416 e. The summed E-state index contributed by atoms with van der Waals surface area (Å²) in [7, 11) is 0. The molecule has 1 aromatic heterocycles. The monoisotopic (exact) mass is 600 g/mol. The Labute approximate surface area is 244 Å². The summed E-state index contributed by atoms with van der Waals surface area (Å²) in [5, 5.41) is 9.73. The molecule has 4 aromatic rings. The first-order chi connectivity index (χ1) is 20.3. The van der Waals surface area contributed by atoms with Gasteiger partial charge in [0.2, 0.25) is 0 Å². The van der Waals surface area contributed by atoms with Crippen molar-refractivity contribution in [3.05, 3.63) is 100 Å². The molecule has 10 heteroatoms. The molecule has 1 fully saturated rings. The van der Waals surface area contributed by atoms with Crippen LogP contribution < -0.4 is 5.73 Å². The van der Waals surface area contributed by atoms with Crippen molar-refractivity contribution in [2.75, 3.05) is 0 Å². The topological polar surface area (TPSA) is 68.2 Å². The van der Waals surface area contributed by atoms with E-state index in [1.807, 2.05) is 30.3 Å². The minimum absolute atomic E-state index is 0.0542. The predicted molar refractivity (Wildman–Crippen MR) is 152 cm³/mol. The Bertz CT molecular complexity index is 1630. The third-order valence-corrected chi connectivity index (χ3v) is 8.08. The lowest BCUT2D eigenvalue weighted by Gasteiger charge is -2.18. The highest BCUT2D eigenvalue weighted by Crippen LogP contribution is 2.43. The lowest BCUT2D eigenvalue weighted by atomic mass is 9.97. The zero-order valence-electron chi connectivity index (χ0n) is 23.3. The molecule has 2 aliphatic rings. The van der Waals surface area contributed by atoms with Gasteiger partial charge in [-0.25, -0.2) is 4.79 Å². The average Bonchev–Trinajstić information content (AvgIpc) is 3.50. The molecule has 0 radical (unpaired) electrons. The molecule has 4 nitrogen and oxygen atoms in total. The largest absolute Gasteiger partial charge is 0.478 e. The van der Waals surface area contributed by atoms with Crippen molar-refractivity contribution in [1.82, 2.24) is 4.57 Å². The van der Waals surface area contributed by atoms with Gasteiger partial charge in [-0.2, -0.15) is 26.3 Å². The molecular weight excluding hydrogens is 570 g/mol. The van der Waals surface area contributed by atoms with E-state index in [9.17, 15) is 36.2 Å².